The van der Waals surface area contributed by atoms with Crippen LogP contribution in [0.3, 0.4) is 0 Å². The molecule has 0 bridgehead atoms. The Hall–Kier alpha value is -1.71. The Morgan fingerprint density at radius 3 is 3.05 bits per heavy atom. The lowest BCUT2D eigenvalue weighted by molar-refractivity contribution is 0.102. The average molecular weight is 348 g/mol. The fourth-order valence-corrected chi connectivity index (χ4v) is 3.92. The van der Waals surface area contributed by atoms with E-state index in [1.165, 1.54) is 22.4 Å². The molecule has 6 heteroatoms. The van der Waals surface area contributed by atoms with E-state index in [-0.39, 0.29) is 5.91 Å². The molecule has 20 heavy (non-hydrogen) atoms. The van der Waals surface area contributed by atoms with E-state index in [1.807, 2.05) is 0 Å². The normalized spacial score (nSPS) is 12.8. The van der Waals surface area contributed by atoms with Gasteiger partial charge in [0.25, 0.3) is 5.91 Å². The lowest BCUT2D eigenvalue weighted by Gasteiger charge is -2.04. The van der Waals surface area contributed by atoms with Gasteiger partial charge in [0.05, 0.1) is 11.1 Å². The molecule has 1 amide bonds. The maximum atomic E-state index is 12.2. The number of pyridine rings is 1. The smallest absolute Gasteiger partial charge is 0.257 e. The fourth-order valence-electron chi connectivity index (χ4n) is 2.32. The molecular weight excluding hydrogens is 338 g/mol. The summed E-state index contributed by atoms with van der Waals surface area (Å²) in [6.45, 7) is 0. The summed E-state index contributed by atoms with van der Waals surface area (Å²) in [7, 11) is 0. The van der Waals surface area contributed by atoms with Crippen molar-refractivity contribution in [3.63, 3.8) is 0 Å². The second kappa shape index (κ2) is 5.35. The number of halogens is 1. The summed E-state index contributed by atoms with van der Waals surface area (Å²) < 4.78 is 0.749. The zero-order valence-electron chi connectivity index (χ0n) is 10.4. The number of hydrogen-bond donors (Lipinski definition) is 1. The Labute approximate surface area is 128 Å². The predicted molar refractivity (Wildman–Crippen MR) is 80.9 cm³/mol. The Bertz CT molecular complexity index is 733. The number of hydrogen-bond acceptors (Lipinski definition) is 4. The molecule has 0 saturated carbocycles. The first-order valence-electron chi connectivity index (χ1n) is 6.15. The lowest BCUT2D eigenvalue weighted by Crippen LogP contribution is -2.12. The SMILES string of the molecule is N#Cc1c(NC(=O)c2cncc(Br)c2)sc2c1CCC2. The van der Waals surface area contributed by atoms with E-state index in [1.54, 1.807) is 12.3 Å². The number of aryl methyl sites for hydroxylation is 1. The molecule has 0 saturated heterocycles. The van der Waals surface area contributed by atoms with Gasteiger partial charge in [0.2, 0.25) is 0 Å². The third kappa shape index (κ3) is 2.35. The quantitative estimate of drug-likeness (QED) is 0.903. The molecule has 2 aromatic heterocycles. The van der Waals surface area contributed by atoms with Crippen molar-refractivity contribution in [2.45, 2.75) is 19.3 Å². The van der Waals surface area contributed by atoms with Crippen molar-refractivity contribution in [3.05, 3.63) is 44.5 Å². The van der Waals surface area contributed by atoms with Crippen LogP contribution in [0.1, 0.15) is 32.8 Å². The number of carbonyl (C=O) groups excluding carboxylic acids is 1. The highest BCUT2D eigenvalue weighted by atomic mass is 79.9. The lowest BCUT2D eigenvalue weighted by atomic mass is 10.1. The van der Waals surface area contributed by atoms with Crippen molar-refractivity contribution in [1.82, 2.24) is 4.98 Å². The van der Waals surface area contributed by atoms with Gasteiger partial charge < -0.3 is 5.32 Å². The highest BCUT2D eigenvalue weighted by Crippen LogP contribution is 2.38. The number of thiophene rings is 1. The number of aromatic nitrogens is 1. The highest BCUT2D eigenvalue weighted by molar-refractivity contribution is 9.10. The van der Waals surface area contributed by atoms with Crippen molar-refractivity contribution in [1.29, 1.82) is 5.26 Å². The summed E-state index contributed by atoms with van der Waals surface area (Å²) in [6, 6.07) is 3.92. The number of anilines is 1. The first-order chi connectivity index (χ1) is 9.69. The molecule has 4 nitrogen and oxygen atoms in total. The van der Waals surface area contributed by atoms with Gasteiger partial charge >= 0.3 is 0 Å². The van der Waals surface area contributed by atoms with Gasteiger partial charge in [-0.25, -0.2) is 0 Å². The Kier molecular flexibility index (Phi) is 3.55. The molecule has 0 aromatic carbocycles. The molecule has 1 aliphatic carbocycles. The van der Waals surface area contributed by atoms with Crippen molar-refractivity contribution in [3.8, 4) is 6.07 Å². The van der Waals surface area contributed by atoms with Gasteiger partial charge in [-0.1, -0.05) is 0 Å². The van der Waals surface area contributed by atoms with Crippen LogP contribution in [0.15, 0.2) is 22.9 Å². The van der Waals surface area contributed by atoms with E-state index >= 15 is 0 Å². The van der Waals surface area contributed by atoms with Crippen molar-refractivity contribution >= 4 is 38.2 Å². The van der Waals surface area contributed by atoms with E-state index in [0.29, 0.717) is 16.1 Å². The van der Waals surface area contributed by atoms with Crippen LogP contribution in [0.25, 0.3) is 0 Å². The van der Waals surface area contributed by atoms with Gasteiger partial charge in [0.15, 0.2) is 0 Å². The minimum absolute atomic E-state index is 0.241. The zero-order valence-corrected chi connectivity index (χ0v) is 12.8. The first kappa shape index (κ1) is 13.3. The molecule has 0 spiro atoms. The minimum Gasteiger partial charge on any atom is -0.312 e. The molecule has 3 rings (SSSR count). The first-order valence-corrected chi connectivity index (χ1v) is 7.76. The highest BCUT2D eigenvalue weighted by Gasteiger charge is 2.23. The number of rotatable bonds is 2. The summed E-state index contributed by atoms with van der Waals surface area (Å²) >= 11 is 4.80. The summed E-state index contributed by atoms with van der Waals surface area (Å²) in [5.41, 5.74) is 2.20. The van der Waals surface area contributed by atoms with Gasteiger partial charge in [-0.2, -0.15) is 5.26 Å². The van der Waals surface area contributed by atoms with Gasteiger partial charge in [0, 0.05) is 21.7 Å². The Morgan fingerprint density at radius 2 is 2.30 bits per heavy atom. The van der Waals surface area contributed by atoms with E-state index < -0.39 is 0 Å². The average Bonchev–Trinajstić information content (AvgIpc) is 2.98. The fraction of sp³-hybridized carbons (Fsp3) is 0.214. The van der Waals surface area contributed by atoms with Crippen LogP contribution in [0.2, 0.25) is 0 Å². The van der Waals surface area contributed by atoms with Gasteiger partial charge in [-0.05, 0) is 46.8 Å². The molecule has 0 radical (unpaired) electrons. The molecule has 0 fully saturated rings. The van der Waals surface area contributed by atoms with E-state index in [0.717, 1.165) is 29.3 Å². The summed E-state index contributed by atoms with van der Waals surface area (Å²) in [6.07, 6.45) is 6.16. The maximum absolute atomic E-state index is 12.2. The number of carbonyl (C=O) groups is 1. The van der Waals surface area contributed by atoms with Gasteiger partial charge in [-0.15, -0.1) is 11.3 Å². The monoisotopic (exact) mass is 347 g/mol. The number of nitrogens with one attached hydrogen (secondary N) is 1. The van der Waals surface area contributed by atoms with Gasteiger partial charge in [-0.3, -0.25) is 9.78 Å². The van der Waals surface area contributed by atoms with Crippen LogP contribution >= 0.6 is 27.3 Å². The molecule has 0 aliphatic heterocycles. The zero-order chi connectivity index (χ0) is 14.1. The van der Waals surface area contributed by atoms with E-state index in [9.17, 15) is 10.1 Å². The van der Waals surface area contributed by atoms with Gasteiger partial charge in [0.1, 0.15) is 11.1 Å². The number of nitrogens with zero attached hydrogens (tertiary/aromatic N) is 2. The van der Waals surface area contributed by atoms with Crippen molar-refractivity contribution in [2.75, 3.05) is 5.32 Å². The second-order valence-corrected chi connectivity index (χ2v) is 6.54. The maximum Gasteiger partial charge on any atom is 0.257 e. The number of amides is 1. The second-order valence-electron chi connectivity index (χ2n) is 4.52. The van der Waals surface area contributed by atoms with Crippen LogP contribution in [0.5, 0.6) is 0 Å². The molecule has 1 N–H and O–H groups in total. The van der Waals surface area contributed by atoms with Crippen LogP contribution in [-0.2, 0) is 12.8 Å². The van der Waals surface area contributed by atoms with E-state index in [2.05, 4.69) is 32.3 Å². The Balaban J connectivity index is 1.89. The third-order valence-corrected chi connectivity index (χ3v) is 4.87. The number of fused-ring (bicyclic) bond motifs is 1. The van der Waals surface area contributed by atoms with Crippen molar-refractivity contribution < 1.29 is 4.79 Å². The summed E-state index contributed by atoms with van der Waals surface area (Å²) in [5.74, 6) is -0.241. The molecular formula is C14H10BrN3OS. The molecule has 2 aromatic rings. The summed E-state index contributed by atoms with van der Waals surface area (Å²) in [4.78, 5) is 17.4. The molecule has 100 valence electrons. The largest absolute Gasteiger partial charge is 0.312 e. The van der Waals surface area contributed by atoms with Crippen LogP contribution < -0.4 is 5.32 Å². The Morgan fingerprint density at radius 1 is 1.45 bits per heavy atom. The topological polar surface area (TPSA) is 65.8 Å². The number of nitriles is 1. The summed E-state index contributed by atoms with van der Waals surface area (Å²) in [5, 5.41) is 12.8. The van der Waals surface area contributed by atoms with Crippen LogP contribution in [-0.4, -0.2) is 10.9 Å². The van der Waals surface area contributed by atoms with E-state index in [4.69, 9.17) is 0 Å². The molecule has 1 aliphatic rings. The van der Waals surface area contributed by atoms with Crippen molar-refractivity contribution in [2.24, 2.45) is 0 Å². The molecule has 0 unspecified atom stereocenters. The van der Waals surface area contributed by atoms with Crippen LogP contribution in [0, 0.1) is 11.3 Å². The van der Waals surface area contributed by atoms with Crippen LogP contribution in [0.4, 0.5) is 5.00 Å². The third-order valence-electron chi connectivity index (χ3n) is 3.23. The standard InChI is InChI=1S/C14H10BrN3OS/c15-9-4-8(6-17-7-9)13(19)18-14-11(5-16)10-2-1-3-12(10)20-14/h4,6-7H,1-3H2,(H,18,19). The predicted octanol–water partition coefficient (Wildman–Crippen LogP) is 3.52. The molecule has 0 atom stereocenters. The molecule has 2 heterocycles. The minimum atomic E-state index is -0.241.